The Bertz CT molecular complexity index is 994. The molecule has 1 heterocycles. The van der Waals surface area contributed by atoms with E-state index in [1.165, 1.54) is 0 Å². The summed E-state index contributed by atoms with van der Waals surface area (Å²) in [5.74, 6) is 3.08. The van der Waals surface area contributed by atoms with Gasteiger partial charge in [0, 0.05) is 18.9 Å². The van der Waals surface area contributed by atoms with Crippen molar-refractivity contribution in [2.24, 2.45) is 5.92 Å². The van der Waals surface area contributed by atoms with Gasteiger partial charge >= 0.3 is 0 Å². The maximum absolute atomic E-state index is 12.1. The number of methoxy groups -OCH3 is 1. The number of nitrogens with zero attached hydrogens (tertiary/aromatic N) is 2. The van der Waals surface area contributed by atoms with Crippen LogP contribution in [0.4, 0.5) is 0 Å². The van der Waals surface area contributed by atoms with E-state index >= 15 is 0 Å². The van der Waals surface area contributed by atoms with Crippen LogP contribution in [0.5, 0.6) is 11.5 Å². The number of para-hydroxylation sites is 2. The SMILES string of the molecule is CCC(CC)C(=O)NCCCCCc1nc2ccccc2n1CCOc1ccc(OC)cc1. The standard InChI is InChI=1S/C27H37N3O3/c1-4-21(5-2)27(31)28-18-10-6-7-13-26-29-24-11-8-9-12-25(24)30(26)19-20-33-23-16-14-22(32-3)15-17-23/h8-9,11-12,14-17,21H,4-7,10,13,18-20H2,1-3H3,(H,28,31). The van der Waals surface area contributed by atoms with Crippen LogP contribution in [0.25, 0.3) is 11.0 Å². The molecule has 0 fully saturated rings. The third-order valence-electron chi connectivity index (χ3n) is 6.11. The number of ether oxygens (including phenoxy) is 2. The summed E-state index contributed by atoms with van der Waals surface area (Å²) in [6.45, 7) is 6.21. The first kappa shape index (κ1) is 24.6. The predicted molar refractivity (Wildman–Crippen MR) is 133 cm³/mol. The molecule has 0 saturated carbocycles. The zero-order valence-corrected chi connectivity index (χ0v) is 20.2. The third-order valence-corrected chi connectivity index (χ3v) is 6.11. The second-order valence-electron chi connectivity index (χ2n) is 8.31. The van der Waals surface area contributed by atoms with Crippen LogP contribution in [0, 0.1) is 5.92 Å². The van der Waals surface area contributed by atoms with Gasteiger partial charge in [0.15, 0.2) is 0 Å². The van der Waals surface area contributed by atoms with Crippen LogP contribution in [-0.4, -0.2) is 35.7 Å². The monoisotopic (exact) mass is 451 g/mol. The maximum atomic E-state index is 12.1. The highest BCUT2D eigenvalue weighted by molar-refractivity contribution is 5.78. The fraction of sp³-hybridized carbons (Fsp3) is 0.481. The number of aromatic nitrogens is 2. The molecule has 2 aromatic carbocycles. The van der Waals surface area contributed by atoms with Crippen molar-refractivity contribution >= 4 is 16.9 Å². The molecular formula is C27H37N3O3. The second kappa shape index (κ2) is 12.9. The highest BCUT2D eigenvalue weighted by Gasteiger charge is 2.13. The molecule has 3 aromatic rings. The van der Waals surface area contributed by atoms with E-state index in [2.05, 4.69) is 41.9 Å². The smallest absolute Gasteiger partial charge is 0.223 e. The summed E-state index contributed by atoms with van der Waals surface area (Å²) in [5, 5.41) is 3.08. The number of fused-ring (bicyclic) bond motifs is 1. The van der Waals surface area contributed by atoms with E-state index in [9.17, 15) is 4.79 Å². The fourth-order valence-electron chi connectivity index (χ4n) is 4.09. The van der Waals surface area contributed by atoms with Gasteiger partial charge in [-0.05, 0) is 62.1 Å². The van der Waals surface area contributed by atoms with Crippen LogP contribution in [0.15, 0.2) is 48.5 Å². The fourth-order valence-corrected chi connectivity index (χ4v) is 4.09. The van der Waals surface area contributed by atoms with Crippen LogP contribution >= 0.6 is 0 Å². The molecule has 0 radical (unpaired) electrons. The van der Waals surface area contributed by atoms with Crippen molar-refractivity contribution in [2.75, 3.05) is 20.3 Å². The van der Waals surface area contributed by atoms with Crippen LogP contribution in [0.1, 0.15) is 51.8 Å². The molecule has 0 aliphatic carbocycles. The summed E-state index contributed by atoms with van der Waals surface area (Å²) in [6.07, 6.45) is 5.82. The molecule has 0 atom stereocenters. The van der Waals surface area contributed by atoms with Crippen molar-refractivity contribution in [3.63, 3.8) is 0 Å². The zero-order valence-electron chi connectivity index (χ0n) is 20.2. The lowest BCUT2D eigenvalue weighted by Crippen LogP contribution is -2.30. The topological polar surface area (TPSA) is 65.4 Å². The van der Waals surface area contributed by atoms with E-state index in [1.807, 2.05) is 30.3 Å². The second-order valence-corrected chi connectivity index (χ2v) is 8.31. The van der Waals surface area contributed by atoms with Crippen LogP contribution in [0.2, 0.25) is 0 Å². The van der Waals surface area contributed by atoms with Gasteiger partial charge in [0.05, 0.1) is 24.7 Å². The van der Waals surface area contributed by atoms with Gasteiger partial charge < -0.3 is 19.4 Å². The largest absolute Gasteiger partial charge is 0.497 e. The quantitative estimate of drug-likeness (QED) is 0.334. The van der Waals surface area contributed by atoms with Crippen LogP contribution in [-0.2, 0) is 17.8 Å². The van der Waals surface area contributed by atoms with Gasteiger partial charge in [-0.2, -0.15) is 0 Å². The number of carbonyl (C=O) groups is 1. The molecule has 0 unspecified atom stereocenters. The van der Waals surface area contributed by atoms with Gasteiger partial charge in [0.25, 0.3) is 0 Å². The Morgan fingerprint density at radius 1 is 1.00 bits per heavy atom. The van der Waals surface area contributed by atoms with Crippen molar-refractivity contribution < 1.29 is 14.3 Å². The first-order valence-electron chi connectivity index (χ1n) is 12.1. The number of aryl methyl sites for hydroxylation is 1. The number of unbranched alkanes of at least 4 members (excludes halogenated alkanes) is 2. The molecule has 0 spiro atoms. The van der Waals surface area contributed by atoms with E-state index in [4.69, 9.17) is 14.5 Å². The molecule has 1 aromatic heterocycles. The van der Waals surface area contributed by atoms with E-state index < -0.39 is 0 Å². The van der Waals surface area contributed by atoms with Crippen molar-refractivity contribution in [3.8, 4) is 11.5 Å². The molecule has 6 nitrogen and oxygen atoms in total. The average Bonchev–Trinajstić information content (AvgIpc) is 3.20. The number of benzene rings is 2. The van der Waals surface area contributed by atoms with Gasteiger partial charge in [-0.25, -0.2) is 4.98 Å². The van der Waals surface area contributed by atoms with Crippen LogP contribution < -0.4 is 14.8 Å². The van der Waals surface area contributed by atoms with Gasteiger partial charge in [0.1, 0.15) is 23.9 Å². The molecule has 1 N–H and O–H groups in total. The summed E-state index contributed by atoms with van der Waals surface area (Å²) in [5.41, 5.74) is 2.16. The van der Waals surface area contributed by atoms with E-state index in [0.29, 0.717) is 6.61 Å². The Balaban J connectivity index is 1.50. The summed E-state index contributed by atoms with van der Waals surface area (Å²) in [4.78, 5) is 17.0. The summed E-state index contributed by atoms with van der Waals surface area (Å²) < 4.78 is 13.4. The zero-order chi connectivity index (χ0) is 23.5. The highest BCUT2D eigenvalue weighted by atomic mass is 16.5. The molecule has 178 valence electrons. The van der Waals surface area contributed by atoms with Crippen LogP contribution in [0.3, 0.4) is 0 Å². The lowest BCUT2D eigenvalue weighted by atomic mass is 10.0. The molecule has 3 rings (SSSR count). The minimum absolute atomic E-state index is 0.144. The van der Waals surface area contributed by atoms with E-state index in [-0.39, 0.29) is 11.8 Å². The van der Waals surface area contributed by atoms with E-state index in [0.717, 1.165) is 80.0 Å². The minimum atomic E-state index is 0.144. The minimum Gasteiger partial charge on any atom is -0.497 e. The molecule has 0 aliphatic heterocycles. The van der Waals surface area contributed by atoms with Crippen molar-refractivity contribution in [2.45, 2.75) is 58.9 Å². The average molecular weight is 452 g/mol. The Labute approximate surface area is 197 Å². The highest BCUT2D eigenvalue weighted by Crippen LogP contribution is 2.20. The normalized spacial score (nSPS) is 11.2. The Hall–Kier alpha value is -3.02. The van der Waals surface area contributed by atoms with Gasteiger partial charge in [-0.1, -0.05) is 32.4 Å². The van der Waals surface area contributed by atoms with Gasteiger partial charge in [-0.3, -0.25) is 4.79 Å². The Morgan fingerprint density at radius 3 is 2.45 bits per heavy atom. The molecular weight excluding hydrogens is 414 g/mol. The number of hydrogen-bond acceptors (Lipinski definition) is 4. The molecule has 0 aliphatic rings. The molecule has 0 saturated heterocycles. The number of rotatable bonds is 14. The van der Waals surface area contributed by atoms with Gasteiger partial charge in [-0.15, -0.1) is 0 Å². The summed E-state index contributed by atoms with van der Waals surface area (Å²) in [6, 6.07) is 15.9. The van der Waals surface area contributed by atoms with Crippen molar-refractivity contribution in [1.29, 1.82) is 0 Å². The molecule has 33 heavy (non-hydrogen) atoms. The molecule has 0 bridgehead atoms. The maximum Gasteiger partial charge on any atom is 0.223 e. The summed E-state index contributed by atoms with van der Waals surface area (Å²) in [7, 11) is 1.66. The number of carbonyl (C=O) groups excluding carboxylic acids is 1. The summed E-state index contributed by atoms with van der Waals surface area (Å²) >= 11 is 0. The first-order valence-corrected chi connectivity index (χ1v) is 12.1. The number of nitrogens with one attached hydrogen (secondary N) is 1. The number of hydrogen-bond donors (Lipinski definition) is 1. The molecule has 1 amide bonds. The Morgan fingerprint density at radius 2 is 1.73 bits per heavy atom. The van der Waals surface area contributed by atoms with Gasteiger partial charge in [0.2, 0.25) is 5.91 Å². The number of imidazole rings is 1. The number of amides is 1. The third kappa shape index (κ3) is 6.98. The predicted octanol–water partition coefficient (Wildman–Crippen LogP) is 5.39. The van der Waals surface area contributed by atoms with Crippen molar-refractivity contribution in [3.05, 3.63) is 54.4 Å². The first-order chi connectivity index (χ1) is 16.2. The Kier molecular flexibility index (Phi) is 9.60. The molecule has 6 heteroatoms. The lowest BCUT2D eigenvalue weighted by Gasteiger charge is -2.13. The van der Waals surface area contributed by atoms with Crippen molar-refractivity contribution in [1.82, 2.24) is 14.9 Å². The van der Waals surface area contributed by atoms with E-state index in [1.54, 1.807) is 7.11 Å². The lowest BCUT2D eigenvalue weighted by molar-refractivity contribution is -0.125.